The fourth-order valence-electron chi connectivity index (χ4n) is 2.69. The van der Waals surface area contributed by atoms with Crippen molar-refractivity contribution in [2.75, 3.05) is 12.4 Å². The summed E-state index contributed by atoms with van der Waals surface area (Å²) in [6.07, 6.45) is 0.413. The Morgan fingerprint density at radius 3 is 2.57 bits per heavy atom. The molecule has 1 amide bonds. The van der Waals surface area contributed by atoms with Crippen LogP contribution in [0.3, 0.4) is 0 Å². The highest BCUT2D eigenvalue weighted by Crippen LogP contribution is 2.35. The van der Waals surface area contributed by atoms with Crippen molar-refractivity contribution in [2.45, 2.75) is 12.5 Å². The van der Waals surface area contributed by atoms with Gasteiger partial charge in [0.2, 0.25) is 5.91 Å². The van der Waals surface area contributed by atoms with Crippen molar-refractivity contribution in [1.29, 1.82) is 0 Å². The molecule has 0 spiro atoms. The lowest BCUT2D eigenvalue weighted by atomic mass is 9.96. The second kappa shape index (κ2) is 5.68. The molecule has 3 rings (SSSR count). The van der Waals surface area contributed by atoms with E-state index in [9.17, 15) is 4.79 Å². The molecule has 1 heterocycles. The number of fused-ring (bicyclic) bond motifs is 1. The molecule has 1 unspecified atom stereocenters. The van der Waals surface area contributed by atoms with E-state index >= 15 is 0 Å². The molecule has 1 atom stereocenters. The van der Waals surface area contributed by atoms with Gasteiger partial charge >= 0.3 is 0 Å². The van der Waals surface area contributed by atoms with Crippen molar-refractivity contribution in [1.82, 2.24) is 5.32 Å². The van der Waals surface area contributed by atoms with Crippen molar-refractivity contribution < 1.29 is 4.79 Å². The summed E-state index contributed by atoms with van der Waals surface area (Å²) in [5, 5.41) is 7.32. The Balaban J connectivity index is 2.05. The molecule has 0 aliphatic carbocycles. The van der Waals surface area contributed by atoms with Crippen molar-refractivity contribution in [3.8, 4) is 0 Å². The second-order valence-electron chi connectivity index (χ2n) is 5.00. The van der Waals surface area contributed by atoms with Crippen LogP contribution in [0.5, 0.6) is 0 Å². The fourth-order valence-corrected chi connectivity index (χ4v) is 3.31. The van der Waals surface area contributed by atoms with Crippen LogP contribution in [0.15, 0.2) is 36.4 Å². The van der Waals surface area contributed by atoms with Gasteiger partial charge in [0, 0.05) is 21.3 Å². The minimum Gasteiger partial charge on any atom is -0.326 e. The van der Waals surface area contributed by atoms with Crippen molar-refractivity contribution in [3.05, 3.63) is 63.1 Å². The van der Waals surface area contributed by atoms with Gasteiger partial charge in [0.15, 0.2) is 0 Å². The van der Waals surface area contributed by atoms with E-state index in [1.165, 1.54) is 0 Å². The van der Waals surface area contributed by atoms with Crippen LogP contribution in [0.25, 0.3) is 0 Å². The van der Waals surface area contributed by atoms with Crippen molar-refractivity contribution in [2.24, 2.45) is 0 Å². The van der Waals surface area contributed by atoms with E-state index in [0.29, 0.717) is 16.5 Å². The Morgan fingerprint density at radius 2 is 1.90 bits per heavy atom. The fraction of sp³-hybridized carbons (Fsp3) is 0.188. The van der Waals surface area contributed by atoms with Crippen LogP contribution in [0.1, 0.15) is 22.7 Å². The number of halogens is 2. The molecule has 2 aromatic carbocycles. The average molecular weight is 321 g/mol. The first-order valence-electron chi connectivity index (χ1n) is 6.64. The van der Waals surface area contributed by atoms with E-state index in [1.54, 1.807) is 0 Å². The van der Waals surface area contributed by atoms with Gasteiger partial charge in [0.25, 0.3) is 0 Å². The maximum atomic E-state index is 11.5. The third-order valence-electron chi connectivity index (χ3n) is 3.66. The number of rotatable bonds is 3. The van der Waals surface area contributed by atoms with Crippen molar-refractivity contribution >= 4 is 34.8 Å². The zero-order valence-corrected chi connectivity index (χ0v) is 12.9. The summed E-state index contributed by atoms with van der Waals surface area (Å²) in [5.74, 6) is 0.0268. The molecule has 0 fully saturated rings. The highest BCUT2D eigenvalue weighted by molar-refractivity contribution is 6.36. The van der Waals surface area contributed by atoms with Crippen LogP contribution in [0.2, 0.25) is 10.0 Å². The van der Waals surface area contributed by atoms with E-state index in [4.69, 9.17) is 23.2 Å². The molecule has 108 valence electrons. The van der Waals surface area contributed by atoms with Crippen LogP contribution in [-0.4, -0.2) is 13.0 Å². The van der Waals surface area contributed by atoms with Crippen LogP contribution in [-0.2, 0) is 11.2 Å². The molecule has 0 saturated heterocycles. The molecule has 2 aromatic rings. The molecular formula is C16H14Cl2N2O. The maximum absolute atomic E-state index is 11.5. The first kappa shape index (κ1) is 14.4. The zero-order chi connectivity index (χ0) is 15.0. The normalized spacial score (nSPS) is 14.7. The number of anilines is 1. The number of carbonyl (C=O) groups excluding carboxylic acids is 1. The highest BCUT2D eigenvalue weighted by Gasteiger charge is 2.22. The first-order valence-corrected chi connectivity index (χ1v) is 7.39. The summed E-state index contributed by atoms with van der Waals surface area (Å²) in [6.45, 7) is 0. The van der Waals surface area contributed by atoms with Gasteiger partial charge in [-0.3, -0.25) is 4.79 Å². The van der Waals surface area contributed by atoms with Crippen molar-refractivity contribution in [3.63, 3.8) is 0 Å². The minimum atomic E-state index is -0.118. The van der Waals surface area contributed by atoms with Gasteiger partial charge < -0.3 is 10.6 Å². The third-order valence-corrected chi connectivity index (χ3v) is 4.32. The van der Waals surface area contributed by atoms with Crippen LogP contribution in [0.4, 0.5) is 5.69 Å². The lowest BCUT2D eigenvalue weighted by molar-refractivity contribution is -0.115. The van der Waals surface area contributed by atoms with E-state index in [2.05, 4.69) is 10.6 Å². The van der Waals surface area contributed by atoms with Gasteiger partial charge in [-0.1, -0.05) is 41.4 Å². The Morgan fingerprint density at radius 1 is 1.19 bits per heavy atom. The number of hydrogen-bond donors (Lipinski definition) is 2. The Hall–Kier alpha value is -1.55. The van der Waals surface area contributed by atoms with Gasteiger partial charge in [-0.2, -0.15) is 0 Å². The SMILES string of the molecule is CNC(c1ccc2c(c1)CC(=O)N2)c1c(Cl)cccc1Cl. The molecule has 21 heavy (non-hydrogen) atoms. The van der Waals surface area contributed by atoms with Gasteiger partial charge in [-0.05, 0) is 36.4 Å². The number of amides is 1. The first-order chi connectivity index (χ1) is 10.1. The molecule has 1 aliphatic heterocycles. The molecule has 0 aromatic heterocycles. The van der Waals surface area contributed by atoms with Gasteiger partial charge in [0.1, 0.15) is 0 Å². The topological polar surface area (TPSA) is 41.1 Å². The average Bonchev–Trinajstić information content (AvgIpc) is 2.82. The Bertz CT molecular complexity index is 695. The third kappa shape index (κ3) is 2.64. The van der Waals surface area contributed by atoms with Gasteiger partial charge in [0.05, 0.1) is 12.5 Å². The molecule has 3 nitrogen and oxygen atoms in total. The van der Waals surface area contributed by atoms with Crippen LogP contribution in [0, 0.1) is 0 Å². The molecule has 0 radical (unpaired) electrons. The summed E-state index contributed by atoms with van der Waals surface area (Å²) in [4.78, 5) is 11.5. The standard InChI is InChI=1S/C16H14Cl2N2O/c1-19-16(15-11(17)3-2-4-12(15)18)9-5-6-13-10(7-9)8-14(21)20-13/h2-7,16,19H,8H2,1H3,(H,20,21). The minimum absolute atomic E-state index is 0.0268. The lowest BCUT2D eigenvalue weighted by Crippen LogP contribution is -2.18. The van der Waals surface area contributed by atoms with Gasteiger partial charge in [-0.25, -0.2) is 0 Å². The molecule has 5 heteroatoms. The quantitative estimate of drug-likeness (QED) is 0.903. The lowest BCUT2D eigenvalue weighted by Gasteiger charge is -2.20. The highest BCUT2D eigenvalue weighted by atomic mass is 35.5. The Labute approximate surface area is 133 Å². The zero-order valence-electron chi connectivity index (χ0n) is 11.4. The molecule has 2 N–H and O–H groups in total. The number of benzene rings is 2. The summed E-state index contributed by atoms with van der Waals surface area (Å²) < 4.78 is 0. The molecular weight excluding hydrogens is 307 g/mol. The van der Waals surface area contributed by atoms with E-state index < -0.39 is 0 Å². The second-order valence-corrected chi connectivity index (χ2v) is 5.81. The van der Waals surface area contributed by atoms with E-state index in [0.717, 1.165) is 22.4 Å². The van der Waals surface area contributed by atoms with Crippen LogP contribution >= 0.6 is 23.2 Å². The number of carbonyl (C=O) groups is 1. The summed E-state index contributed by atoms with van der Waals surface area (Å²) in [7, 11) is 1.86. The molecule has 1 aliphatic rings. The van der Waals surface area contributed by atoms with E-state index in [1.807, 2.05) is 43.4 Å². The molecule has 0 saturated carbocycles. The summed E-state index contributed by atoms with van der Waals surface area (Å²) >= 11 is 12.6. The van der Waals surface area contributed by atoms with E-state index in [-0.39, 0.29) is 11.9 Å². The number of hydrogen-bond acceptors (Lipinski definition) is 2. The Kier molecular flexibility index (Phi) is 3.89. The van der Waals surface area contributed by atoms with Gasteiger partial charge in [-0.15, -0.1) is 0 Å². The number of nitrogens with one attached hydrogen (secondary N) is 2. The monoisotopic (exact) mass is 320 g/mol. The largest absolute Gasteiger partial charge is 0.326 e. The maximum Gasteiger partial charge on any atom is 0.228 e. The smallest absolute Gasteiger partial charge is 0.228 e. The molecule has 0 bridgehead atoms. The van der Waals surface area contributed by atoms with Crippen LogP contribution < -0.4 is 10.6 Å². The summed E-state index contributed by atoms with van der Waals surface area (Å²) in [5.41, 5.74) is 3.76. The summed E-state index contributed by atoms with van der Waals surface area (Å²) in [6, 6.07) is 11.3. The predicted molar refractivity (Wildman–Crippen MR) is 86.1 cm³/mol. The predicted octanol–water partition coefficient (Wildman–Crippen LogP) is 3.80.